The molecule has 5 rings (SSSR count). The highest BCUT2D eigenvalue weighted by molar-refractivity contribution is 9.10. The number of amides is 1. The minimum atomic E-state index is -4.63. The van der Waals surface area contributed by atoms with Gasteiger partial charge in [-0.1, -0.05) is 39.7 Å². The summed E-state index contributed by atoms with van der Waals surface area (Å²) in [5.41, 5.74) is 1.40. The standard InChI is InChI=1S/C24H21BrClF3N4O3S/c1-2-36-23(35)17-13-4-3-5-15(13)37-22(17)31-21(34)19-18(26)20-30-14(11-6-8-12(25)9-7-11)10-16(24(27,28)29)33(20)32-19/h6-9,14,16,30H,2-5,10H2,1H3,(H,31,34)/t14-,16-/m0/s1. The summed E-state index contributed by atoms with van der Waals surface area (Å²) in [5, 5.41) is 9.71. The second-order valence-corrected chi connectivity index (χ2v) is 11.1. The summed E-state index contributed by atoms with van der Waals surface area (Å²) in [7, 11) is 0. The highest BCUT2D eigenvalue weighted by Gasteiger charge is 2.48. The normalized spacial score (nSPS) is 18.6. The molecule has 3 heterocycles. The molecule has 37 heavy (non-hydrogen) atoms. The Morgan fingerprint density at radius 3 is 2.70 bits per heavy atom. The highest BCUT2D eigenvalue weighted by atomic mass is 79.9. The molecule has 0 saturated heterocycles. The molecule has 196 valence electrons. The van der Waals surface area contributed by atoms with Gasteiger partial charge in [-0.25, -0.2) is 9.48 Å². The van der Waals surface area contributed by atoms with E-state index in [1.165, 1.54) is 11.3 Å². The highest BCUT2D eigenvalue weighted by Crippen LogP contribution is 2.47. The van der Waals surface area contributed by atoms with E-state index in [4.69, 9.17) is 16.3 Å². The van der Waals surface area contributed by atoms with Crippen molar-refractivity contribution in [2.45, 2.75) is 50.9 Å². The summed E-state index contributed by atoms with van der Waals surface area (Å²) in [6, 6.07) is 4.23. The molecule has 1 aliphatic heterocycles. The Bertz CT molecular complexity index is 1370. The molecule has 0 unspecified atom stereocenters. The number of nitrogens with one attached hydrogen (secondary N) is 2. The number of thiophene rings is 1. The first-order valence-corrected chi connectivity index (χ1v) is 13.6. The van der Waals surface area contributed by atoms with E-state index in [2.05, 4.69) is 31.7 Å². The van der Waals surface area contributed by atoms with E-state index >= 15 is 0 Å². The third-order valence-corrected chi connectivity index (χ3v) is 8.50. The predicted molar refractivity (Wildman–Crippen MR) is 138 cm³/mol. The van der Waals surface area contributed by atoms with Crippen molar-refractivity contribution in [2.75, 3.05) is 17.2 Å². The molecular formula is C24H21BrClF3N4O3S. The van der Waals surface area contributed by atoms with Crippen LogP contribution in [-0.4, -0.2) is 34.4 Å². The molecular weight excluding hydrogens is 597 g/mol. The molecule has 0 fully saturated rings. The summed E-state index contributed by atoms with van der Waals surface area (Å²) in [4.78, 5) is 26.8. The first-order chi connectivity index (χ1) is 17.6. The Hall–Kier alpha value is -2.57. The second-order valence-electron chi connectivity index (χ2n) is 8.73. The van der Waals surface area contributed by atoms with Crippen molar-refractivity contribution in [1.82, 2.24) is 9.78 Å². The van der Waals surface area contributed by atoms with E-state index < -0.39 is 30.1 Å². The number of alkyl halides is 3. The van der Waals surface area contributed by atoms with Crippen LogP contribution in [0.1, 0.15) is 68.7 Å². The smallest absolute Gasteiger partial charge is 0.410 e. The molecule has 2 N–H and O–H groups in total. The summed E-state index contributed by atoms with van der Waals surface area (Å²) in [6.07, 6.45) is -2.60. The maximum absolute atomic E-state index is 14.1. The van der Waals surface area contributed by atoms with Crippen molar-refractivity contribution in [3.63, 3.8) is 0 Å². The van der Waals surface area contributed by atoms with Crippen molar-refractivity contribution in [3.05, 3.63) is 61.0 Å². The van der Waals surface area contributed by atoms with Gasteiger partial charge in [0.2, 0.25) is 0 Å². The number of hydrogen-bond acceptors (Lipinski definition) is 6. The molecule has 2 aromatic heterocycles. The molecule has 0 spiro atoms. The first-order valence-electron chi connectivity index (χ1n) is 11.6. The fourth-order valence-corrected chi connectivity index (χ4v) is 6.52. The van der Waals surface area contributed by atoms with Crippen LogP contribution >= 0.6 is 38.9 Å². The van der Waals surface area contributed by atoms with Gasteiger partial charge in [0.15, 0.2) is 11.7 Å². The van der Waals surface area contributed by atoms with Gasteiger partial charge in [0.25, 0.3) is 5.91 Å². The zero-order valence-corrected chi connectivity index (χ0v) is 22.6. The Kier molecular flexibility index (Phi) is 7.01. The lowest BCUT2D eigenvalue weighted by molar-refractivity contribution is -0.173. The lowest BCUT2D eigenvalue weighted by Crippen LogP contribution is -2.35. The van der Waals surface area contributed by atoms with Crippen LogP contribution in [0.4, 0.5) is 24.0 Å². The molecule has 1 aromatic carbocycles. The van der Waals surface area contributed by atoms with Crippen LogP contribution in [0.15, 0.2) is 28.7 Å². The SMILES string of the molecule is CCOC(=O)c1c(NC(=O)c2nn3c(c2Cl)N[C@H](c2ccc(Br)cc2)C[C@H]3C(F)(F)F)sc2c1CCC2. The number of aryl methyl sites for hydroxylation is 1. The number of carbonyl (C=O) groups is 2. The molecule has 7 nitrogen and oxygen atoms in total. The third kappa shape index (κ3) is 4.86. The van der Waals surface area contributed by atoms with E-state index in [1.807, 2.05) is 0 Å². The van der Waals surface area contributed by atoms with Gasteiger partial charge < -0.3 is 15.4 Å². The number of ether oxygens (including phenoxy) is 1. The fraction of sp³-hybridized carbons (Fsp3) is 0.375. The number of fused-ring (bicyclic) bond motifs is 2. The Morgan fingerprint density at radius 1 is 1.30 bits per heavy atom. The Morgan fingerprint density at radius 2 is 2.03 bits per heavy atom. The van der Waals surface area contributed by atoms with Crippen LogP contribution in [-0.2, 0) is 17.6 Å². The number of aromatic nitrogens is 2. The number of rotatable bonds is 5. The summed E-state index contributed by atoms with van der Waals surface area (Å²) >= 11 is 11.0. The maximum Gasteiger partial charge on any atom is 0.410 e. The number of esters is 1. The van der Waals surface area contributed by atoms with Gasteiger partial charge >= 0.3 is 12.1 Å². The quantitative estimate of drug-likeness (QED) is 0.303. The molecule has 0 saturated carbocycles. The lowest BCUT2D eigenvalue weighted by Gasteiger charge is -2.33. The van der Waals surface area contributed by atoms with Gasteiger partial charge in [-0.15, -0.1) is 11.3 Å². The first kappa shape index (κ1) is 26.1. The average Bonchev–Trinajstić information content (AvgIpc) is 3.51. The van der Waals surface area contributed by atoms with Crippen LogP contribution in [0, 0.1) is 0 Å². The average molecular weight is 618 g/mol. The summed E-state index contributed by atoms with van der Waals surface area (Å²) < 4.78 is 48.9. The van der Waals surface area contributed by atoms with E-state index in [-0.39, 0.29) is 40.1 Å². The van der Waals surface area contributed by atoms with Crippen LogP contribution in [0.25, 0.3) is 0 Å². The van der Waals surface area contributed by atoms with Crippen molar-refractivity contribution in [1.29, 1.82) is 0 Å². The fourth-order valence-electron chi connectivity index (χ4n) is 4.72. The van der Waals surface area contributed by atoms with Crippen LogP contribution in [0.2, 0.25) is 5.02 Å². The molecule has 0 bridgehead atoms. The minimum absolute atomic E-state index is 0.0902. The van der Waals surface area contributed by atoms with Gasteiger partial charge in [-0.05, 0) is 49.4 Å². The number of hydrogen-bond donors (Lipinski definition) is 2. The van der Waals surface area contributed by atoms with E-state index in [0.717, 1.165) is 32.4 Å². The Balaban J connectivity index is 1.49. The lowest BCUT2D eigenvalue weighted by atomic mass is 9.97. The van der Waals surface area contributed by atoms with Crippen molar-refractivity contribution < 1.29 is 27.5 Å². The number of carbonyl (C=O) groups excluding carboxylic acids is 2. The largest absolute Gasteiger partial charge is 0.462 e. The van der Waals surface area contributed by atoms with E-state index in [0.29, 0.717) is 12.0 Å². The molecule has 1 amide bonds. The van der Waals surface area contributed by atoms with E-state index in [1.54, 1.807) is 31.2 Å². The molecule has 1 aliphatic carbocycles. The van der Waals surface area contributed by atoms with Crippen molar-refractivity contribution in [2.24, 2.45) is 0 Å². The van der Waals surface area contributed by atoms with Crippen molar-refractivity contribution in [3.8, 4) is 0 Å². The number of anilines is 2. The monoisotopic (exact) mass is 616 g/mol. The maximum atomic E-state index is 14.1. The van der Waals surface area contributed by atoms with Crippen molar-refractivity contribution >= 4 is 61.6 Å². The van der Waals surface area contributed by atoms with Gasteiger partial charge in [0.05, 0.1) is 18.2 Å². The molecule has 2 atom stereocenters. The van der Waals surface area contributed by atoms with Gasteiger partial charge in [-0.2, -0.15) is 18.3 Å². The number of halogens is 5. The topological polar surface area (TPSA) is 85.2 Å². The van der Waals surface area contributed by atoms with E-state index in [9.17, 15) is 22.8 Å². The van der Waals surface area contributed by atoms with Gasteiger partial charge in [0, 0.05) is 15.8 Å². The zero-order valence-electron chi connectivity index (χ0n) is 19.4. The van der Waals surface area contributed by atoms with Crippen LogP contribution in [0.5, 0.6) is 0 Å². The van der Waals surface area contributed by atoms with Gasteiger partial charge in [0.1, 0.15) is 15.8 Å². The number of nitrogens with zero attached hydrogens (tertiary/aromatic N) is 2. The zero-order chi connectivity index (χ0) is 26.5. The molecule has 3 aromatic rings. The summed E-state index contributed by atoms with van der Waals surface area (Å²) in [5.74, 6) is -1.45. The summed E-state index contributed by atoms with van der Waals surface area (Å²) in [6.45, 7) is 1.85. The van der Waals surface area contributed by atoms with Gasteiger partial charge in [-0.3, -0.25) is 4.79 Å². The van der Waals surface area contributed by atoms with Crippen LogP contribution < -0.4 is 10.6 Å². The molecule has 13 heteroatoms. The second kappa shape index (κ2) is 9.95. The molecule has 0 radical (unpaired) electrons. The van der Waals surface area contributed by atoms with Crippen LogP contribution in [0.3, 0.4) is 0 Å². The number of benzene rings is 1. The molecule has 2 aliphatic rings. The predicted octanol–water partition coefficient (Wildman–Crippen LogP) is 6.94. The minimum Gasteiger partial charge on any atom is -0.462 e. The Labute approximate surface area is 227 Å². The third-order valence-electron chi connectivity index (χ3n) is 6.41.